The number of sulfonamides is 1. The number of ether oxygens (including phenoxy) is 1. The molecular formula is C16H25N5O6S. The lowest BCUT2D eigenvalue weighted by Crippen LogP contribution is -2.31. The molecule has 0 radical (unpaired) electrons. The fourth-order valence-electron chi connectivity index (χ4n) is 2.77. The van der Waals surface area contributed by atoms with Crippen LogP contribution in [0.4, 0.5) is 5.69 Å². The van der Waals surface area contributed by atoms with E-state index < -0.39 is 15.1 Å². The lowest BCUT2D eigenvalue weighted by atomic mass is 10.3. The van der Waals surface area contributed by atoms with E-state index in [0.717, 1.165) is 30.2 Å². The summed E-state index contributed by atoms with van der Waals surface area (Å²) < 4.78 is 31.1. The molecule has 0 aromatic heterocycles. The number of anilines is 1. The highest BCUT2D eigenvalue weighted by atomic mass is 32.2. The van der Waals surface area contributed by atoms with Gasteiger partial charge in [0.1, 0.15) is 5.10 Å². The summed E-state index contributed by atoms with van der Waals surface area (Å²) in [6, 6.07) is 6.14. The number of nitro groups is 1. The largest absolute Gasteiger partial charge is 0.464 e. The molecule has 0 heterocycles. The van der Waals surface area contributed by atoms with Crippen molar-refractivity contribution in [2.24, 2.45) is 5.10 Å². The first kappa shape index (κ1) is 21.9. The molecule has 1 aromatic rings. The number of hydrazone groups is 1. The molecule has 11 nitrogen and oxygen atoms in total. The SMILES string of the molecule is CO/C(=N\[N+](=O)[O-])NCCNc1cccc(S(=O)(=O)N(C)OC2CCCC2)c1. The molecule has 2 rings (SSSR count). The van der Waals surface area contributed by atoms with Gasteiger partial charge in [0.15, 0.2) is 5.03 Å². The first-order valence-electron chi connectivity index (χ1n) is 8.83. The summed E-state index contributed by atoms with van der Waals surface area (Å²) in [5.74, 6) is 0. The Kier molecular flexibility index (Phi) is 7.96. The highest BCUT2D eigenvalue weighted by Gasteiger charge is 2.26. The minimum absolute atomic E-state index is 0.0667. The molecule has 1 saturated carbocycles. The molecule has 2 N–H and O–H groups in total. The summed E-state index contributed by atoms with van der Waals surface area (Å²) in [4.78, 5) is 16.0. The van der Waals surface area contributed by atoms with Crippen molar-refractivity contribution in [3.05, 3.63) is 34.4 Å². The molecule has 0 amide bonds. The van der Waals surface area contributed by atoms with E-state index in [-0.39, 0.29) is 23.6 Å². The van der Waals surface area contributed by atoms with Crippen molar-refractivity contribution in [2.45, 2.75) is 36.7 Å². The summed E-state index contributed by atoms with van der Waals surface area (Å²) in [6.45, 7) is 0.639. The maximum Gasteiger partial charge on any atom is 0.358 e. The van der Waals surface area contributed by atoms with Gasteiger partial charge in [0, 0.05) is 25.8 Å². The average Bonchev–Trinajstić information content (AvgIpc) is 3.17. The molecule has 12 heteroatoms. The predicted octanol–water partition coefficient (Wildman–Crippen LogP) is 1.38. The van der Waals surface area contributed by atoms with E-state index in [1.54, 1.807) is 12.1 Å². The maximum atomic E-state index is 12.7. The van der Waals surface area contributed by atoms with Crippen molar-refractivity contribution >= 4 is 21.7 Å². The smallest absolute Gasteiger partial charge is 0.358 e. The van der Waals surface area contributed by atoms with Crippen LogP contribution in [0, 0.1) is 10.1 Å². The zero-order valence-electron chi connectivity index (χ0n) is 15.8. The second kappa shape index (κ2) is 10.2. The lowest BCUT2D eigenvalue weighted by molar-refractivity contribution is -0.486. The molecule has 0 unspecified atom stereocenters. The third-order valence-corrected chi connectivity index (χ3v) is 5.78. The van der Waals surface area contributed by atoms with Gasteiger partial charge in [-0.25, -0.2) is 18.5 Å². The second-order valence-electron chi connectivity index (χ2n) is 6.16. The topological polar surface area (TPSA) is 135 Å². The van der Waals surface area contributed by atoms with Gasteiger partial charge in [0.25, 0.3) is 10.0 Å². The van der Waals surface area contributed by atoms with Crippen LogP contribution in [0.2, 0.25) is 0 Å². The Labute approximate surface area is 163 Å². The Hall–Kier alpha value is -2.44. The first-order chi connectivity index (χ1) is 13.3. The molecule has 156 valence electrons. The zero-order chi connectivity index (χ0) is 20.6. The minimum atomic E-state index is -3.77. The Morgan fingerprint density at radius 2 is 2.07 bits per heavy atom. The van der Waals surface area contributed by atoms with Gasteiger partial charge in [-0.3, -0.25) is 4.84 Å². The van der Waals surface area contributed by atoms with Crippen molar-refractivity contribution in [2.75, 3.05) is 32.6 Å². The Morgan fingerprint density at radius 1 is 1.36 bits per heavy atom. The van der Waals surface area contributed by atoms with Crippen LogP contribution in [0.25, 0.3) is 0 Å². The van der Waals surface area contributed by atoms with Gasteiger partial charge in [-0.05, 0) is 31.0 Å². The van der Waals surface area contributed by atoms with Crippen LogP contribution in [0.5, 0.6) is 0 Å². The van der Waals surface area contributed by atoms with Crippen molar-refractivity contribution < 1.29 is 23.0 Å². The molecule has 0 bridgehead atoms. The van der Waals surface area contributed by atoms with Gasteiger partial charge < -0.3 is 15.4 Å². The van der Waals surface area contributed by atoms with Crippen LogP contribution in [0.3, 0.4) is 0 Å². The molecule has 0 aliphatic heterocycles. The van der Waals surface area contributed by atoms with E-state index in [2.05, 4.69) is 15.7 Å². The van der Waals surface area contributed by atoms with Gasteiger partial charge in [-0.15, -0.1) is 0 Å². The summed E-state index contributed by atoms with van der Waals surface area (Å²) in [5.41, 5.74) is 0.585. The molecule has 28 heavy (non-hydrogen) atoms. The molecule has 1 fully saturated rings. The number of rotatable bonds is 9. The van der Waals surface area contributed by atoms with Crippen molar-refractivity contribution in [3.8, 4) is 0 Å². The van der Waals surface area contributed by atoms with Crippen LogP contribution >= 0.6 is 0 Å². The summed E-state index contributed by atoms with van der Waals surface area (Å²) in [6.07, 6.45) is 3.74. The number of nitrogens with zero attached hydrogens (tertiary/aromatic N) is 3. The van der Waals surface area contributed by atoms with E-state index in [1.165, 1.54) is 26.3 Å². The zero-order valence-corrected chi connectivity index (χ0v) is 16.6. The summed E-state index contributed by atoms with van der Waals surface area (Å²) >= 11 is 0. The third-order valence-electron chi connectivity index (χ3n) is 4.17. The van der Waals surface area contributed by atoms with E-state index in [1.807, 2.05) is 0 Å². The molecule has 0 atom stereocenters. The fraction of sp³-hybridized carbons (Fsp3) is 0.562. The quantitative estimate of drug-likeness (QED) is 0.203. The van der Waals surface area contributed by atoms with Crippen LogP contribution < -0.4 is 10.6 Å². The first-order valence-corrected chi connectivity index (χ1v) is 10.3. The molecule has 0 spiro atoms. The fourth-order valence-corrected chi connectivity index (χ4v) is 3.83. The number of hydrogen-bond donors (Lipinski definition) is 2. The monoisotopic (exact) mass is 415 g/mol. The second-order valence-corrected chi connectivity index (χ2v) is 8.09. The summed E-state index contributed by atoms with van der Waals surface area (Å²) in [5, 5.41) is 18.2. The van der Waals surface area contributed by atoms with Gasteiger partial charge in [0.2, 0.25) is 0 Å². The van der Waals surface area contributed by atoms with Gasteiger partial charge in [-0.1, -0.05) is 23.4 Å². The van der Waals surface area contributed by atoms with E-state index >= 15 is 0 Å². The van der Waals surface area contributed by atoms with Crippen LogP contribution in [-0.4, -0.2) is 57.3 Å². The number of amidine groups is 1. The molecule has 1 aromatic carbocycles. The van der Waals surface area contributed by atoms with E-state index in [9.17, 15) is 18.5 Å². The highest BCUT2D eigenvalue weighted by molar-refractivity contribution is 7.89. The van der Waals surface area contributed by atoms with Crippen LogP contribution in [0.15, 0.2) is 34.3 Å². The normalized spacial score (nSPS) is 15.6. The lowest BCUT2D eigenvalue weighted by Gasteiger charge is -2.21. The van der Waals surface area contributed by atoms with Crippen LogP contribution in [0.1, 0.15) is 25.7 Å². The average molecular weight is 415 g/mol. The number of hydroxylamine groups is 1. The van der Waals surface area contributed by atoms with Gasteiger partial charge in [0.05, 0.1) is 18.1 Å². The molecule has 0 saturated heterocycles. The Bertz CT molecular complexity index is 794. The standard InChI is InChI=1S/C16H25N5O6S/c1-20(27-14-7-3-4-8-14)28(24,25)15-9-5-6-13(12-15)17-10-11-18-16(26-2)19-21(22)23/h5-6,9,12,14,17H,3-4,7-8,10-11H2,1-2H3,(H,18,19). The van der Waals surface area contributed by atoms with Gasteiger partial charge >= 0.3 is 6.02 Å². The number of methoxy groups -OCH3 is 1. The van der Waals surface area contributed by atoms with Crippen LogP contribution in [-0.2, 0) is 19.6 Å². The number of hydrogen-bond acceptors (Lipinski definition) is 7. The van der Waals surface area contributed by atoms with Crippen molar-refractivity contribution in [3.63, 3.8) is 0 Å². The number of nitrogens with one attached hydrogen (secondary N) is 2. The highest BCUT2D eigenvalue weighted by Crippen LogP contribution is 2.25. The Morgan fingerprint density at radius 3 is 2.71 bits per heavy atom. The van der Waals surface area contributed by atoms with E-state index in [4.69, 9.17) is 9.57 Å². The van der Waals surface area contributed by atoms with Gasteiger partial charge in [-0.2, -0.15) is 0 Å². The molecule has 1 aliphatic carbocycles. The molecular weight excluding hydrogens is 390 g/mol. The summed E-state index contributed by atoms with van der Waals surface area (Å²) in [7, 11) is -1.10. The third kappa shape index (κ3) is 6.32. The Balaban J connectivity index is 1.92. The van der Waals surface area contributed by atoms with E-state index in [0.29, 0.717) is 12.2 Å². The molecule has 1 aliphatic rings. The number of benzene rings is 1. The predicted molar refractivity (Wildman–Crippen MR) is 103 cm³/mol. The minimum Gasteiger partial charge on any atom is -0.464 e. The van der Waals surface area contributed by atoms with Crippen molar-refractivity contribution in [1.29, 1.82) is 0 Å². The maximum absolute atomic E-state index is 12.7. The van der Waals surface area contributed by atoms with Crippen molar-refractivity contribution in [1.82, 2.24) is 9.79 Å².